The Kier molecular flexibility index (Phi) is 7.57. The monoisotopic (exact) mass is 528 g/mol. The van der Waals surface area contributed by atoms with Crippen LogP contribution in [0.25, 0.3) is 6.08 Å². The molecule has 0 aromatic heterocycles. The molecule has 1 aliphatic rings. The van der Waals surface area contributed by atoms with E-state index in [4.69, 9.17) is 32.7 Å². The molecule has 3 aromatic carbocycles. The first kappa shape index (κ1) is 25.2. The summed E-state index contributed by atoms with van der Waals surface area (Å²) in [5.41, 5.74) is 0.776. The van der Waals surface area contributed by atoms with Crippen LogP contribution in [-0.4, -0.2) is 24.5 Å². The Bertz CT molecular complexity index is 1390. The van der Waals surface area contributed by atoms with Crippen molar-refractivity contribution in [3.8, 4) is 11.5 Å². The first-order valence-corrected chi connectivity index (χ1v) is 11.5. The van der Waals surface area contributed by atoms with Gasteiger partial charge in [-0.05, 0) is 60.5 Å². The number of urea groups is 1. The van der Waals surface area contributed by atoms with Crippen LogP contribution in [0.15, 0.2) is 66.2 Å². The first-order chi connectivity index (χ1) is 17.3. The fraction of sp³-hybridized carbons (Fsp3) is 0.115. The van der Waals surface area contributed by atoms with E-state index in [2.05, 4.69) is 5.32 Å². The Morgan fingerprint density at radius 2 is 1.75 bits per heavy atom. The normalized spacial score (nSPS) is 14.7. The van der Waals surface area contributed by atoms with Crippen LogP contribution in [-0.2, 0) is 16.2 Å². The number of para-hydroxylation sites is 1. The summed E-state index contributed by atoms with van der Waals surface area (Å²) in [6.07, 6.45) is 1.29. The number of benzene rings is 3. The molecule has 0 radical (unpaired) electrons. The van der Waals surface area contributed by atoms with E-state index in [1.807, 2.05) is 0 Å². The molecule has 0 saturated carbocycles. The number of hydrogen-bond donors (Lipinski definition) is 1. The Hall–Kier alpha value is -3.88. The van der Waals surface area contributed by atoms with Crippen molar-refractivity contribution in [2.45, 2.75) is 13.5 Å². The first-order valence-electron chi connectivity index (χ1n) is 10.8. The van der Waals surface area contributed by atoms with Gasteiger partial charge in [0.25, 0.3) is 11.8 Å². The standard InChI is InChI=1S/C26H19Cl2FN2O5/c1-2-35-22-13-16(12-20(28)23(22)36-14-15-6-5-7-17(29)10-15)11-18-24(32)30-26(34)31(25(18)33)21-9-4-3-8-19(21)27/h3-13H,2,14H2,1H3,(H,30,32,34)/b18-11+. The molecule has 0 aliphatic carbocycles. The molecule has 1 heterocycles. The van der Waals surface area contributed by atoms with Crippen molar-refractivity contribution in [1.82, 2.24) is 5.32 Å². The third kappa shape index (κ3) is 5.35. The smallest absolute Gasteiger partial charge is 0.335 e. The summed E-state index contributed by atoms with van der Waals surface area (Å²) in [5.74, 6) is -1.63. The fourth-order valence-corrected chi connectivity index (χ4v) is 4.03. The van der Waals surface area contributed by atoms with E-state index < -0.39 is 23.7 Å². The maximum absolute atomic E-state index is 13.5. The molecule has 3 aromatic rings. The molecule has 1 fully saturated rings. The number of amides is 4. The van der Waals surface area contributed by atoms with E-state index in [0.717, 1.165) is 4.90 Å². The van der Waals surface area contributed by atoms with Gasteiger partial charge in [0.2, 0.25) is 0 Å². The zero-order valence-electron chi connectivity index (χ0n) is 18.9. The number of hydrogen-bond acceptors (Lipinski definition) is 5. The molecule has 7 nitrogen and oxygen atoms in total. The lowest BCUT2D eigenvalue weighted by Crippen LogP contribution is -2.54. The average Bonchev–Trinajstić information content (AvgIpc) is 2.82. The number of nitrogens with one attached hydrogen (secondary N) is 1. The predicted molar refractivity (Wildman–Crippen MR) is 134 cm³/mol. The fourth-order valence-electron chi connectivity index (χ4n) is 3.53. The second-order valence-electron chi connectivity index (χ2n) is 7.59. The third-order valence-electron chi connectivity index (χ3n) is 5.11. The molecule has 0 unspecified atom stereocenters. The minimum atomic E-state index is -0.913. The van der Waals surface area contributed by atoms with Crippen LogP contribution in [0, 0.1) is 5.82 Å². The minimum Gasteiger partial charge on any atom is -0.490 e. The van der Waals surface area contributed by atoms with Crippen molar-refractivity contribution < 1.29 is 28.2 Å². The van der Waals surface area contributed by atoms with Crippen LogP contribution in [0.4, 0.5) is 14.9 Å². The lowest BCUT2D eigenvalue weighted by Gasteiger charge is -2.27. The highest BCUT2D eigenvalue weighted by Crippen LogP contribution is 2.38. The largest absolute Gasteiger partial charge is 0.490 e. The van der Waals surface area contributed by atoms with E-state index in [1.165, 1.54) is 36.4 Å². The molecular formula is C26H19Cl2FN2O5. The predicted octanol–water partition coefficient (Wildman–Crippen LogP) is 5.78. The van der Waals surface area contributed by atoms with Crippen LogP contribution in [0.2, 0.25) is 10.0 Å². The van der Waals surface area contributed by atoms with E-state index in [9.17, 15) is 18.8 Å². The molecule has 0 atom stereocenters. The van der Waals surface area contributed by atoms with Crippen LogP contribution in [0.3, 0.4) is 0 Å². The van der Waals surface area contributed by atoms with Crippen molar-refractivity contribution in [2.75, 3.05) is 11.5 Å². The Morgan fingerprint density at radius 1 is 0.972 bits per heavy atom. The molecule has 1 aliphatic heterocycles. The number of carbonyl (C=O) groups is 3. The Morgan fingerprint density at radius 3 is 2.47 bits per heavy atom. The third-order valence-corrected chi connectivity index (χ3v) is 5.71. The van der Waals surface area contributed by atoms with Crippen molar-refractivity contribution in [3.05, 3.63) is 93.2 Å². The highest BCUT2D eigenvalue weighted by Gasteiger charge is 2.37. The second kappa shape index (κ2) is 10.8. The number of carbonyl (C=O) groups excluding carboxylic acids is 3. The zero-order valence-corrected chi connectivity index (χ0v) is 20.4. The summed E-state index contributed by atoms with van der Waals surface area (Å²) in [5, 5.41) is 2.45. The van der Waals surface area contributed by atoms with Gasteiger partial charge < -0.3 is 9.47 Å². The molecule has 1 N–H and O–H groups in total. The number of nitrogens with zero attached hydrogens (tertiary/aromatic N) is 1. The Labute approximate surface area is 216 Å². The molecule has 4 amide bonds. The van der Waals surface area contributed by atoms with Crippen molar-refractivity contribution in [3.63, 3.8) is 0 Å². The molecule has 0 bridgehead atoms. The molecule has 10 heteroatoms. The summed E-state index contributed by atoms with van der Waals surface area (Å²) in [4.78, 5) is 38.9. The van der Waals surface area contributed by atoms with E-state index in [-0.39, 0.29) is 46.0 Å². The van der Waals surface area contributed by atoms with Crippen molar-refractivity contribution in [1.29, 1.82) is 0 Å². The summed E-state index contributed by atoms with van der Waals surface area (Å²) in [7, 11) is 0. The number of rotatable bonds is 7. The zero-order chi connectivity index (χ0) is 25.8. The second-order valence-corrected chi connectivity index (χ2v) is 8.41. The molecule has 0 spiro atoms. The number of halogens is 3. The molecular weight excluding hydrogens is 510 g/mol. The maximum atomic E-state index is 13.5. The molecule has 1 saturated heterocycles. The number of barbiturate groups is 1. The van der Waals surface area contributed by atoms with E-state index in [1.54, 1.807) is 37.3 Å². The van der Waals surface area contributed by atoms with Gasteiger partial charge in [0, 0.05) is 0 Å². The summed E-state index contributed by atoms with van der Waals surface area (Å²) < 4.78 is 24.9. The van der Waals surface area contributed by atoms with Gasteiger partial charge in [-0.2, -0.15) is 0 Å². The quantitative estimate of drug-likeness (QED) is 0.310. The topological polar surface area (TPSA) is 84.9 Å². The maximum Gasteiger partial charge on any atom is 0.335 e. The SMILES string of the molecule is CCOc1cc(/C=C2\C(=O)NC(=O)N(c3ccccc3Cl)C2=O)cc(Cl)c1OCc1cccc(F)c1. The van der Waals surface area contributed by atoms with Gasteiger partial charge in [-0.25, -0.2) is 14.1 Å². The van der Waals surface area contributed by atoms with E-state index >= 15 is 0 Å². The van der Waals surface area contributed by atoms with Crippen LogP contribution < -0.4 is 19.7 Å². The lowest BCUT2D eigenvalue weighted by molar-refractivity contribution is -0.122. The van der Waals surface area contributed by atoms with Crippen molar-refractivity contribution >= 4 is 52.8 Å². The van der Waals surface area contributed by atoms with Crippen molar-refractivity contribution in [2.24, 2.45) is 0 Å². The lowest BCUT2D eigenvalue weighted by atomic mass is 10.1. The number of imide groups is 2. The summed E-state index contributed by atoms with van der Waals surface area (Å²) in [6.45, 7) is 2.08. The minimum absolute atomic E-state index is 0.0355. The highest BCUT2D eigenvalue weighted by molar-refractivity contribution is 6.42. The molecule has 4 rings (SSSR count). The van der Waals surface area contributed by atoms with Crippen LogP contribution >= 0.6 is 23.2 Å². The highest BCUT2D eigenvalue weighted by atomic mass is 35.5. The van der Waals surface area contributed by atoms with Gasteiger partial charge in [0.1, 0.15) is 18.0 Å². The average molecular weight is 529 g/mol. The molecule has 36 heavy (non-hydrogen) atoms. The van der Waals surface area contributed by atoms with E-state index in [0.29, 0.717) is 11.1 Å². The van der Waals surface area contributed by atoms with Crippen LogP contribution in [0.1, 0.15) is 18.1 Å². The van der Waals surface area contributed by atoms with Gasteiger partial charge in [-0.3, -0.25) is 14.9 Å². The van der Waals surface area contributed by atoms with Gasteiger partial charge in [0.05, 0.1) is 22.3 Å². The Balaban J connectivity index is 1.67. The summed E-state index contributed by atoms with van der Waals surface area (Å²) in [6, 6.07) is 14.3. The van der Waals surface area contributed by atoms with Gasteiger partial charge in [-0.15, -0.1) is 0 Å². The number of anilines is 1. The summed E-state index contributed by atoms with van der Waals surface area (Å²) >= 11 is 12.6. The van der Waals surface area contributed by atoms with Gasteiger partial charge in [-0.1, -0.05) is 47.5 Å². The van der Waals surface area contributed by atoms with Gasteiger partial charge in [0.15, 0.2) is 11.5 Å². The van der Waals surface area contributed by atoms with Gasteiger partial charge >= 0.3 is 6.03 Å². The van der Waals surface area contributed by atoms with Crippen LogP contribution in [0.5, 0.6) is 11.5 Å². The molecule has 184 valence electrons. The number of ether oxygens (including phenoxy) is 2.